The van der Waals surface area contributed by atoms with Crippen LogP contribution in [0.1, 0.15) is 45.1 Å². The Kier molecular flexibility index (Phi) is 4.66. The lowest BCUT2D eigenvalue weighted by molar-refractivity contribution is -0.120. The van der Waals surface area contributed by atoms with E-state index in [4.69, 9.17) is 4.74 Å². The summed E-state index contributed by atoms with van der Waals surface area (Å²) < 4.78 is 5.38. The molecule has 1 fully saturated rings. The van der Waals surface area contributed by atoms with Crippen molar-refractivity contribution in [3.8, 4) is 0 Å². The lowest BCUT2D eigenvalue weighted by Gasteiger charge is -2.26. The van der Waals surface area contributed by atoms with E-state index in [2.05, 4.69) is 0 Å². The van der Waals surface area contributed by atoms with Gasteiger partial charge in [-0.3, -0.25) is 4.79 Å². The standard InChI is InChI=1S/C17H23NO3/c1-17(2,3)21-16(20)18-11-9-14(15(19)10-12-18)13-7-5-4-6-8-13/h4-8,14H,9-12H2,1-3H3/t14-/m1/s1. The predicted molar refractivity (Wildman–Crippen MR) is 81.2 cm³/mol. The molecule has 0 spiro atoms. The van der Waals surface area contributed by atoms with E-state index in [0.717, 1.165) is 5.56 Å². The van der Waals surface area contributed by atoms with Crippen LogP contribution in [-0.4, -0.2) is 35.5 Å². The molecule has 0 bridgehead atoms. The summed E-state index contributed by atoms with van der Waals surface area (Å²) in [5.41, 5.74) is 0.528. The van der Waals surface area contributed by atoms with Gasteiger partial charge in [0.1, 0.15) is 11.4 Å². The summed E-state index contributed by atoms with van der Waals surface area (Å²) in [5.74, 6) is 0.0888. The van der Waals surface area contributed by atoms with E-state index in [1.54, 1.807) is 4.90 Å². The molecule has 0 unspecified atom stereocenters. The predicted octanol–water partition coefficient (Wildman–Crippen LogP) is 3.37. The van der Waals surface area contributed by atoms with Gasteiger partial charge in [-0.15, -0.1) is 0 Å². The minimum absolute atomic E-state index is 0.112. The first-order valence-corrected chi connectivity index (χ1v) is 7.42. The zero-order valence-corrected chi connectivity index (χ0v) is 13.0. The molecular formula is C17H23NO3. The van der Waals surface area contributed by atoms with Crippen LogP contribution in [0.5, 0.6) is 0 Å². The molecule has 0 radical (unpaired) electrons. The van der Waals surface area contributed by atoms with Crippen LogP contribution in [0.4, 0.5) is 4.79 Å². The second-order valence-electron chi connectivity index (χ2n) is 6.44. The van der Waals surface area contributed by atoms with Crippen LogP contribution in [0.25, 0.3) is 0 Å². The Labute approximate surface area is 126 Å². The molecule has 1 heterocycles. The maximum Gasteiger partial charge on any atom is 0.410 e. The van der Waals surface area contributed by atoms with Crippen molar-refractivity contribution in [2.75, 3.05) is 13.1 Å². The maximum atomic E-state index is 12.3. The SMILES string of the molecule is CC(C)(C)OC(=O)N1CCC(=O)[C@@H](c2ccccc2)CC1. The van der Waals surface area contributed by atoms with E-state index in [1.807, 2.05) is 51.1 Å². The van der Waals surface area contributed by atoms with Crippen LogP contribution >= 0.6 is 0 Å². The Bertz CT molecular complexity index is 505. The maximum absolute atomic E-state index is 12.3. The molecule has 21 heavy (non-hydrogen) atoms. The Balaban J connectivity index is 2.04. The molecule has 0 saturated carbocycles. The first-order valence-electron chi connectivity index (χ1n) is 7.42. The Morgan fingerprint density at radius 3 is 2.48 bits per heavy atom. The highest BCUT2D eigenvalue weighted by Gasteiger charge is 2.29. The topological polar surface area (TPSA) is 46.6 Å². The van der Waals surface area contributed by atoms with E-state index >= 15 is 0 Å². The van der Waals surface area contributed by atoms with Crippen molar-refractivity contribution in [2.45, 2.75) is 45.1 Å². The van der Waals surface area contributed by atoms with Crippen molar-refractivity contribution in [3.05, 3.63) is 35.9 Å². The van der Waals surface area contributed by atoms with Gasteiger partial charge in [0.25, 0.3) is 0 Å². The third-order valence-electron chi connectivity index (χ3n) is 3.56. The molecule has 1 aromatic rings. The van der Waals surface area contributed by atoms with Crippen LogP contribution in [0.15, 0.2) is 30.3 Å². The van der Waals surface area contributed by atoms with E-state index in [0.29, 0.717) is 25.9 Å². The molecule has 1 aliphatic heterocycles. The van der Waals surface area contributed by atoms with Gasteiger partial charge >= 0.3 is 6.09 Å². The first kappa shape index (κ1) is 15.5. The summed E-state index contributed by atoms with van der Waals surface area (Å²) in [7, 11) is 0. The van der Waals surface area contributed by atoms with Gasteiger partial charge in [0, 0.05) is 25.4 Å². The number of hydrogen-bond donors (Lipinski definition) is 0. The van der Waals surface area contributed by atoms with Crippen molar-refractivity contribution in [2.24, 2.45) is 0 Å². The molecule has 0 N–H and O–H groups in total. The Morgan fingerprint density at radius 1 is 1.19 bits per heavy atom. The first-order chi connectivity index (χ1) is 9.87. The van der Waals surface area contributed by atoms with Crippen LogP contribution in [0, 0.1) is 0 Å². The molecule has 114 valence electrons. The summed E-state index contributed by atoms with van der Waals surface area (Å²) in [6.45, 7) is 6.54. The number of hydrogen-bond acceptors (Lipinski definition) is 3. The Hall–Kier alpha value is -1.84. The minimum Gasteiger partial charge on any atom is -0.444 e. The average Bonchev–Trinajstić information content (AvgIpc) is 2.60. The number of nitrogens with zero attached hydrogens (tertiary/aromatic N) is 1. The fourth-order valence-corrected chi connectivity index (χ4v) is 2.52. The number of ether oxygens (including phenoxy) is 1. The highest BCUT2D eigenvalue weighted by molar-refractivity contribution is 5.86. The lowest BCUT2D eigenvalue weighted by atomic mass is 9.91. The molecule has 1 amide bonds. The van der Waals surface area contributed by atoms with Crippen molar-refractivity contribution in [1.29, 1.82) is 0 Å². The smallest absolute Gasteiger partial charge is 0.410 e. The number of Topliss-reactive ketones (excluding diaryl/α,β-unsaturated/α-hetero) is 1. The molecule has 1 aliphatic rings. The van der Waals surface area contributed by atoms with E-state index in [1.165, 1.54) is 0 Å². The summed E-state index contributed by atoms with van der Waals surface area (Å²) in [6.07, 6.45) is 0.713. The van der Waals surface area contributed by atoms with Crippen LogP contribution < -0.4 is 0 Å². The number of likely N-dealkylation sites (tertiary alicyclic amines) is 1. The molecule has 1 saturated heterocycles. The number of amides is 1. The quantitative estimate of drug-likeness (QED) is 0.796. The Morgan fingerprint density at radius 2 is 1.86 bits per heavy atom. The van der Waals surface area contributed by atoms with Gasteiger partial charge in [0.2, 0.25) is 0 Å². The zero-order chi connectivity index (χ0) is 15.5. The molecule has 0 aromatic heterocycles. The van der Waals surface area contributed by atoms with Gasteiger partial charge in [0.15, 0.2) is 0 Å². The highest BCUT2D eigenvalue weighted by atomic mass is 16.6. The van der Waals surface area contributed by atoms with Gasteiger partial charge in [-0.05, 0) is 32.8 Å². The monoisotopic (exact) mass is 289 g/mol. The number of rotatable bonds is 1. The van der Waals surface area contributed by atoms with Gasteiger partial charge in [-0.1, -0.05) is 30.3 Å². The third-order valence-corrected chi connectivity index (χ3v) is 3.56. The van der Waals surface area contributed by atoms with Crippen molar-refractivity contribution < 1.29 is 14.3 Å². The molecular weight excluding hydrogens is 266 g/mol. The summed E-state index contributed by atoms with van der Waals surface area (Å²) in [5, 5.41) is 0. The van der Waals surface area contributed by atoms with Gasteiger partial charge in [0.05, 0.1) is 0 Å². The second kappa shape index (κ2) is 6.29. The molecule has 2 rings (SSSR count). The number of carbonyl (C=O) groups excluding carboxylic acids is 2. The van der Waals surface area contributed by atoms with Gasteiger partial charge in [-0.2, -0.15) is 0 Å². The summed E-state index contributed by atoms with van der Waals surface area (Å²) in [4.78, 5) is 26.0. The second-order valence-corrected chi connectivity index (χ2v) is 6.44. The number of ketones is 1. The molecule has 0 aliphatic carbocycles. The van der Waals surface area contributed by atoms with Crippen molar-refractivity contribution >= 4 is 11.9 Å². The molecule has 1 aromatic carbocycles. The van der Waals surface area contributed by atoms with E-state index < -0.39 is 5.60 Å². The minimum atomic E-state index is -0.508. The van der Waals surface area contributed by atoms with Gasteiger partial charge < -0.3 is 9.64 Å². The van der Waals surface area contributed by atoms with E-state index in [9.17, 15) is 9.59 Å². The molecule has 4 nitrogen and oxygen atoms in total. The average molecular weight is 289 g/mol. The van der Waals surface area contributed by atoms with Gasteiger partial charge in [-0.25, -0.2) is 4.79 Å². The highest BCUT2D eigenvalue weighted by Crippen LogP contribution is 2.25. The fraction of sp³-hybridized carbons (Fsp3) is 0.529. The van der Waals surface area contributed by atoms with Crippen LogP contribution in [-0.2, 0) is 9.53 Å². The normalized spacial score (nSPS) is 20.0. The molecule has 4 heteroatoms. The third kappa shape index (κ3) is 4.31. The number of benzene rings is 1. The lowest BCUT2D eigenvalue weighted by Crippen LogP contribution is -2.37. The van der Waals surface area contributed by atoms with E-state index in [-0.39, 0.29) is 17.8 Å². The molecule has 1 atom stereocenters. The summed E-state index contributed by atoms with van der Waals surface area (Å²) >= 11 is 0. The fourth-order valence-electron chi connectivity index (χ4n) is 2.52. The zero-order valence-electron chi connectivity index (χ0n) is 13.0. The van der Waals surface area contributed by atoms with Crippen LogP contribution in [0.2, 0.25) is 0 Å². The van der Waals surface area contributed by atoms with Crippen molar-refractivity contribution in [3.63, 3.8) is 0 Å². The van der Waals surface area contributed by atoms with Crippen LogP contribution in [0.3, 0.4) is 0 Å². The summed E-state index contributed by atoms with van der Waals surface area (Å²) in [6, 6.07) is 9.79. The van der Waals surface area contributed by atoms with Crippen molar-refractivity contribution in [1.82, 2.24) is 4.90 Å². The largest absolute Gasteiger partial charge is 0.444 e. The number of carbonyl (C=O) groups is 2.